The Morgan fingerprint density at radius 3 is 2.69 bits per heavy atom. The number of fused-ring (bicyclic) bond motifs is 3. The van der Waals surface area contributed by atoms with Gasteiger partial charge in [0.25, 0.3) is 0 Å². The Hall–Kier alpha value is -3.44. The molecule has 1 saturated carbocycles. The van der Waals surface area contributed by atoms with Crippen LogP contribution >= 0.6 is 11.6 Å². The van der Waals surface area contributed by atoms with E-state index in [4.69, 9.17) is 16.3 Å². The molecule has 0 amide bonds. The maximum atomic E-state index is 12.6. The zero-order valence-corrected chi connectivity index (χ0v) is 23.1. The number of hydrogen-bond donors (Lipinski definition) is 3. The van der Waals surface area contributed by atoms with Crippen LogP contribution in [0.5, 0.6) is 5.75 Å². The average Bonchev–Trinajstić information content (AvgIpc) is 3.52. The molecule has 39 heavy (non-hydrogen) atoms. The van der Waals surface area contributed by atoms with Crippen molar-refractivity contribution < 1.29 is 14.6 Å². The van der Waals surface area contributed by atoms with Crippen LogP contribution in [-0.4, -0.2) is 28.2 Å². The minimum Gasteiger partial charge on any atom is -0.493 e. The van der Waals surface area contributed by atoms with E-state index in [2.05, 4.69) is 59.7 Å². The molecule has 0 unspecified atom stereocenters. The van der Waals surface area contributed by atoms with Gasteiger partial charge in [-0.1, -0.05) is 48.0 Å². The van der Waals surface area contributed by atoms with Gasteiger partial charge < -0.3 is 20.1 Å². The molecule has 0 aliphatic heterocycles. The highest BCUT2D eigenvalue weighted by atomic mass is 35.5. The lowest BCUT2D eigenvalue weighted by Gasteiger charge is -2.47. The Bertz CT molecular complexity index is 1500. The number of aromatic nitrogens is 1. The van der Waals surface area contributed by atoms with Crippen molar-refractivity contribution in [2.24, 2.45) is 5.92 Å². The molecule has 6 rings (SSSR count). The second-order valence-electron chi connectivity index (χ2n) is 11.4. The molecule has 1 atom stereocenters. The molecule has 4 aromatic rings. The van der Waals surface area contributed by atoms with Crippen molar-refractivity contribution in [1.29, 1.82) is 0 Å². The van der Waals surface area contributed by atoms with Gasteiger partial charge in [-0.2, -0.15) is 0 Å². The Balaban J connectivity index is 1.18. The van der Waals surface area contributed by atoms with E-state index in [0.29, 0.717) is 30.4 Å². The zero-order valence-electron chi connectivity index (χ0n) is 22.3. The third-order valence-corrected chi connectivity index (χ3v) is 9.48. The number of anilines is 1. The zero-order chi connectivity index (χ0) is 27.0. The van der Waals surface area contributed by atoms with Gasteiger partial charge in [-0.3, -0.25) is 0 Å². The minimum absolute atomic E-state index is 0.00211. The number of aryl methyl sites for hydroxylation is 1. The molecule has 5 nitrogen and oxygen atoms in total. The highest BCUT2D eigenvalue weighted by Gasteiger charge is 2.53. The molecular formula is C33H35ClN2O3. The predicted octanol–water partition coefficient (Wildman–Crippen LogP) is 7.91. The van der Waals surface area contributed by atoms with E-state index in [1.165, 1.54) is 11.1 Å². The number of H-pyrrole nitrogens is 1. The van der Waals surface area contributed by atoms with Crippen molar-refractivity contribution in [3.05, 3.63) is 94.6 Å². The van der Waals surface area contributed by atoms with Gasteiger partial charge in [-0.05, 0) is 110 Å². The molecule has 2 aliphatic rings. The van der Waals surface area contributed by atoms with Crippen LogP contribution in [0.15, 0.2) is 72.9 Å². The van der Waals surface area contributed by atoms with Gasteiger partial charge in [0, 0.05) is 27.8 Å². The third-order valence-electron chi connectivity index (χ3n) is 9.24. The van der Waals surface area contributed by atoms with Gasteiger partial charge in [-0.15, -0.1) is 0 Å². The summed E-state index contributed by atoms with van der Waals surface area (Å²) in [5.74, 6) is 0.651. The fraction of sp³-hybridized carbons (Fsp3) is 0.364. The number of hydrogen-bond acceptors (Lipinski definition) is 3. The van der Waals surface area contributed by atoms with E-state index >= 15 is 0 Å². The van der Waals surface area contributed by atoms with E-state index in [1.807, 2.05) is 18.3 Å². The summed E-state index contributed by atoms with van der Waals surface area (Å²) in [7, 11) is 0. The molecule has 3 N–H and O–H groups in total. The van der Waals surface area contributed by atoms with Crippen LogP contribution in [-0.2, 0) is 16.6 Å². The molecule has 1 heterocycles. The molecule has 3 aromatic carbocycles. The molecule has 6 heteroatoms. The molecule has 1 aromatic heterocycles. The summed E-state index contributed by atoms with van der Waals surface area (Å²) < 4.78 is 6.34. The SMILES string of the molecule is Cc1ccc2[nH]ccc2c1OCCC[C@H]1Cc2ccccc2C12CCC(Nc1cccc(Cl)c1)(C(=O)O)CC2. The van der Waals surface area contributed by atoms with E-state index < -0.39 is 11.5 Å². The molecular weight excluding hydrogens is 508 g/mol. The summed E-state index contributed by atoms with van der Waals surface area (Å²) in [5, 5.41) is 15.5. The average molecular weight is 543 g/mol. The predicted molar refractivity (Wildman–Crippen MR) is 157 cm³/mol. The summed E-state index contributed by atoms with van der Waals surface area (Å²) in [6.45, 7) is 2.77. The number of aliphatic carboxylic acids is 1. The second-order valence-corrected chi connectivity index (χ2v) is 11.8. The lowest BCUT2D eigenvalue weighted by atomic mass is 9.60. The lowest BCUT2D eigenvalue weighted by molar-refractivity contribution is -0.144. The number of aromatic amines is 1. The fourth-order valence-electron chi connectivity index (χ4n) is 7.19. The number of carboxylic acid groups (broad SMARTS) is 1. The van der Waals surface area contributed by atoms with E-state index in [-0.39, 0.29) is 5.41 Å². The van der Waals surface area contributed by atoms with Gasteiger partial charge in [0.05, 0.1) is 6.61 Å². The van der Waals surface area contributed by atoms with Crippen LogP contribution in [0.2, 0.25) is 5.02 Å². The maximum Gasteiger partial charge on any atom is 0.329 e. The quantitative estimate of drug-likeness (QED) is 0.198. The smallest absolute Gasteiger partial charge is 0.329 e. The van der Waals surface area contributed by atoms with Crippen LogP contribution in [0.25, 0.3) is 10.9 Å². The summed E-state index contributed by atoms with van der Waals surface area (Å²) in [6.07, 6.45) is 7.86. The van der Waals surface area contributed by atoms with Crippen LogP contribution < -0.4 is 10.1 Å². The fourth-order valence-corrected chi connectivity index (χ4v) is 7.38. The van der Waals surface area contributed by atoms with Crippen LogP contribution in [0, 0.1) is 12.8 Å². The molecule has 0 bridgehead atoms. The number of rotatable bonds is 8. The number of nitrogens with one attached hydrogen (secondary N) is 2. The first-order chi connectivity index (χ1) is 18.9. The van der Waals surface area contributed by atoms with Crippen molar-refractivity contribution in [2.45, 2.75) is 62.8 Å². The number of carbonyl (C=O) groups is 1. The standard InChI is InChI=1S/C33H35ClN2O3/c1-22-11-12-29-27(13-18-35-29)30(22)39-19-5-7-24-20-23-6-2-3-10-28(23)32(24)14-16-33(17-15-32,31(37)38)36-26-9-4-8-25(34)21-26/h2-4,6,8-13,18,21,24,35-36H,5,7,14-17,19-20H2,1H3,(H,37,38)/t24-,32?,33?/m0/s1. The first-order valence-corrected chi connectivity index (χ1v) is 14.3. The molecule has 1 fully saturated rings. The van der Waals surface area contributed by atoms with Crippen molar-refractivity contribution in [2.75, 3.05) is 11.9 Å². The molecule has 2 aliphatic carbocycles. The number of benzene rings is 3. The maximum absolute atomic E-state index is 12.6. The Morgan fingerprint density at radius 2 is 1.90 bits per heavy atom. The highest BCUT2D eigenvalue weighted by molar-refractivity contribution is 6.30. The van der Waals surface area contributed by atoms with Crippen molar-refractivity contribution in [3.63, 3.8) is 0 Å². The number of carboxylic acids is 1. The van der Waals surface area contributed by atoms with Crippen LogP contribution in [0.3, 0.4) is 0 Å². The molecule has 202 valence electrons. The van der Waals surface area contributed by atoms with Crippen molar-refractivity contribution in [3.8, 4) is 5.75 Å². The van der Waals surface area contributed by atoms with Crippen LogP contribution in [0.1, 0.15) is 55.2 Å². The summed E-state index contributed by atoms with van der Waals surface area (Å²) in [4.78, 5) is 15.9. The molecule has 0 saturated heterocycles. The Kier molecular flexibility index (Phi) is 6.80. The minimum atomic E-state index is -0.992. The van der Waals surface area contributed by atoms with Gasteiger partial charge >= 0.3 is 5.97 Å². The summed E-state index contributed by atoms with van der Waals surface area (Å²) in [5.41, 5.74) is 4.85. The van der Waals surface area contributed by atoms with Gasteiger partial charge in [0.1, 0.15) is 11.3 Å². The molecule has 0 radical (unpaired) electrons. The largest absolute Gasteiger partial charge is 0.493 e. The third kappa shape index (κ3) is 4.67. The van der Waals surface area contributed by atoms with E-state index in [0.717, 1.165) is 60.0 Å². The number of halogens is 1. The highest BCUT2D eigenvalue weighted by Crippen LogP contribution is 2.55. The first kappa shape index (κ1) is 25.8. The van der Waals surface area contributed by atoms with Gasteiger partial charge in [-0.25, -0.2) is 4.79 Å². The van der Waals surface area contributed by atoms with Crippen LogP contribution in [0.4, 0.5) is 5.69 Å². The normalized spacial score (nSPS) is 24.1. The molecule has 1 spiro atoms. The Morgan fingerprint density at radius 1 is 1.08 bits per heavy atom. The summed E-state index contributed by atoms with van der Waals surface area (Å²) >= 11 is 6.19. The first-order valence-electron chi connectivity index (χ1n) is 14.0. The van der Waals surface area contributed by atoms with Crippen molar-refractivity contribution in [1.82, 2.24) is 4.98 Å². The van der Waals surface area contributed by atoms with Gasteiger partial charge in [0.15, 0.2) is 0 Å². The van der Waals surface area contributed by atoms with E-state index in [9.17, 15) is 9.90 Å². The lowest BCUT2D eigenvalue weighted by Crippen LogP contribution is -2.53. The monoisotopic (exact) mass is 542 g/mol. The number of ether oxygens (including phenoxy) is 1. The second kappa shape index (κ2) is 10.3. The topological polar surface area (TPSA) is 74.3 Å². The van der Waals surface area contributed by atoms with E-state index in [1.54, 1.807) is 12.1 Å². The summed E-state index contributed by atoms with van der Waals surface area (Å²) in [6, 6.07) is 22.4. The Labute approximate surface area is 234 Å². The van der Waals surface area contributed by atoms with Gasteiger partial charge in [0.2, 0.25) is 0 Å². The van der Waals surface area contributed by atoms with Crippen molar-refractivity contribution >= 4 is 34.2 Å².